The van der Waals surface area contributed by atoms with Gasteiger partial charge in [0.1, 0.15) is 0 Å². The Labute approximate surface area is 61.1 Å². The van der Waals surface area contributed by atoms with Crippen LogP contribution in [0.15, 0.2) is 5.16 Å². The van der Waals surface area contributed by atoms with Gasteiger partial charge in [-0.3, -0.25) is 9.63 Å². The fourth-order valence-electron chi connectivity index (χ4n) is 0.465. The molecule has 0 atom stereocenters. The van der Waals surface area contributed by atoms with E-state index >= 15 is 0 Å². The Kier molecular flexibility index (Phi) is 1.90. The van der Waals surface area contributed by atoms with Crippen molar-refractivity contribution in [3.05, 3.63) is 0 Å². The lowest BCUT2D eigenvalue weighted by Gasteiger charge is -1.90. The van der Waals surface area contributed by atoms with Crippen molar-refractivity contribution in [1.82, 2.24) is 5.32 Å². The molecule has 0 radical (unpaired) electrons. The average Bonchev–Trinajstić information content (AvgIpc) is 2.31. The normalized spacial score (nSPS) is 19.3. The van der Waals surface area contributed by atoms with Crippen molar-refractivity contribution in [3.8, 4) is 0 Å². The largest absolute Gasteiger partial charge is 0.450 e. The number of hydrogen-bond acceptors (Lipinski definition) is 5. The van der Waals surface area contributed by atoms with E-state index in [1.807, 2.05) is 0 Å². The monoisotopic (exact) mass is 159 g/mol. The van der Waals surface area contributed by atoms with Gasteiger partial charge in [-0.15, -0.1) is 0 Å². The number of ether oxygens (including phenoxy) is 1. The van der Waals surface area contributed by atoms with Gasteiger partial charge in [-0.1, -0.05) is 0 Å². The summed E-state index contributed by atoms with van der Waals surface area (Å²) in [4.78, 5) is 24.5. The molecule has 0 aromatic heterocycles. The lowest BCUT2D eigenvalue weighted by atomic mass is 10.6. The Bertz CT molecular complexity index is 223. The van der Waals surface area contributed by atoms with Crippen molar-refractivity contribution >= 4 is 17.9 Å². The Morgan fingerprint density at radius 2 is 2.55 bits per heavy atom. The van der Waals surface area contributed by atoms with Gasteiger partial charge >= 0.3 is 17.9 Å². The number of carbonyl (C=O) groups excluding carboxylic acids is 2. The second kappa shape index (κ2) is 2.86. The average molecular weight is 159 g/mol. The first-order chi connectivity index (χ1) is 5.20. The molecule has 1 aliphatic rings. The Hall–Kier alpha value is -1.79. The maximum atomic E-state index is 10.6. The summed E-state index contributed by atoms with van der Waals surface area (Å²) in [5, 5.41) is 5.28. The summed E-state index contributed by atoms with van der Waals surface area (Å²) in [6.07, 6.45) is -1.10. The molecule has 1 aliphatic heterocycles. The highest BCUT2D eigenvalue weighted by Gasteiger charge is 2.20. The van der Waals surface area contributed by atoms with Crippen LogP contribution in [0.4, 0.5) is 4.79 Å². The molecule has 0 spiro atoms. The number of oxime groups is 1. The van der Waals surface area contributed by atoms with Gasteiger partial charge < -0.3 is 15.8 Å². The molecule has 0 unspecified atom stereocenters. The molecule has 1 rings (SSSR count). The van der Waals surface area contributed by atoms with Crippen LogP contribution in [0.2, 0.25) is 0 Å². The van der Waals surface area contributed by atoms with Crippen LogP contribution in [0, 0.1) is 0 Å². The molecule has 1 saturated heterocycles. The van der Waals surface area contributed by atoms with E-state index in [1.165, 1.54) is 0 Å². The van der Waals surface area contributed by atoms with Gasteiger partial charge in [0.15, 0.2) is 6.73 Å². The van der Waals surface area contributed by atoms with Crippen molar-refractivity contribution in [2.45, 2.75) is 0 Å². The third-order valence-electron chi connectivity index (χ3n) is 0.854. The zero-order valence-corrected chi connectivity index (χ0v) is 5.36. The van der Waals surface area contributed by atoms with E-state index in [1.54, 1.807) is 0 Å². The topological polar surface area (TPSA) is 103 Å². The van der Waals surface area contributed by atoms with Gasteiger partial charge in [-0.05, 0) is 5.16 Å². The standard InChI is InChI=1S/C4H5N3O4/c5-4(9)11-7-3-2(8)6-1-10-3/h1H2,(H2,5,9)(H,6,8). The summed E-state index contributed by atoms with van der Waals surface area (Å²) in [7, 11) is 0. The van der Waals surface area contributed by atoms with Crippen molar-refractivity contribution in [2.24, 2.45) is 10.9 Å². The number of nitrogens with zero attached hydrogens (tertiary/aromatic N) is 1. The van der Waals surface area contributed by atoms with Crippen LogP contribution in [-0.4, -0.2) is 24.6 Å². The Morgan fingerprint density at radius 3 is 3.00 bits per heavy atom. The number of primary amides is 1. The van der Waals surface area contributed by atoms with E-state index in [0.717, 1.165) is 0 Å². The lowest BCUT2D eigenvalue weighted by molar-refractivity contribution is -0.114. The van der Waals surface area contributed by atoms with Crippen LogP contribution in [0.5, 0.6) is 0 Å². The van der Waals surface area contributed by atoms with Crippen molar-refractivity contribution in [3.63, 3.8) is 0 Å². The molecule has 7 heteroatoms. The molecule has 2 amide bonds. The van der Waals surface area contributed by atoms with E-state index in [0.29, 0.717) is 0 Å². The van der Waals surface area contributed by atoms with E-state index in [4.69, 9.17) is 0 Å². The van der Waals surface area contributed by atoms with E-state index in [2.05, 4.69) is 25.8 Å². The zero-order valence-electron chi connectivity index (χ0n) is 5.36. The van der Waals surface area contributed by atoms with Gasteiger partial charge in [0.05, 0.1) is 0 Å². The Balaban J connectivity index is 2.52. The number of rotatable bonds is 1. The molecule has 0 saturated carbocycles. The molecule has 0 aromatic rings. The first-order valence-electron chi connectivity index (χ1n) is 2.65. The minimum Gasteiger partial charge on any atom is -0.450 e. The van der Waals surface area contributed by atoms with Crippen LogP contribution in [0.3, 0.4) is 0 Å². The molecule has 3 N–H and O–H groups in total. The van der Waals surface area contributed by atoms with E-state index < -0.39 is 12.0 Å². The number of nitrogens with two attached hydrogens (primary N) is 1. The van der Waals surface area contributed by atoms with E-state index in [9.17, 15) is 9.59 Å². The molecule has 1 heterocycles. The SMILES string of the molecule is NC(=O)ON=C1OCNC1=O. The molecule has 7 nitrogen and oxygen atoms in total. The second-order valence-electron chi connectivity index (χ2n) is 1.60. The second-order valence-corrected chi connectivity index (χ2v) is 1.60. The molecular weight excluding hydrogens is 154 g/mol. The van der Waals surface area contributed by atoms with Crippen molar-refractivity contribution < 1.29 is 19.2 Å². The molecule has 60 valence electrons. The number of amides is 2. The minimum atomic E-state index is -1.10. The number of carbonyl (C=O) groups is 2. The predicted octanol–water partition coefficient (Wildman–Crippen LogP) is -1.50. The Morgan fingerprint density at radius 1 is 1.82 bits per heavy atom. The first-order valence-corrected chi connectivity index (χ1v) is 2.65. The summed E-state index contributed by atoms with van der Waals surface area (Å²) in [6, 6.07) is 0. The smallest absolute Gasteiger partial charge is 0.430 e. The maximum Gasteiger partial charge on any atom is 0.430 e. The van der Waals surface area contributed by atoms with Crippen LogP contribution < -0.4 is 11.1 Å². The minimum absolute atomic E-state index is 0.0276. The highest BCUT2D eigenvalue weighted by molar-refractivity contribution is 6.36. The predicted molar refractivity (Wildman–Crippen MR) is 32.2 cm³/mol. The third kappa shape index (κ3) is 1.81. The molecule has 11 heavy (non-hydrogen) atoms. The summed E-state index contributed by atoms with van der Waals surface area (Å²) < 4.78 is 4.57. The fraction of sp³-hybridized carbons (Fsp3) is 0.250. The molecule has 0 aliphatic carbocycles. The first kappa shape index (κ1) is 7.32. The maximum absolute atomic E-state index is 10.6. The molecule has 0 aromatic carbocycles. The van der Waals surface area contributed by atoms with Gasteiger partial charge in [-0.25, -0.2) is 4.79 Å². The summed E-state index contributed by atoms with van der Waals surface area (Å²) in [6.45, 7) is 0.0276. The third-order valence-corrected chi connectivity index (χ3v) is 0.854. The van der Waals surface area contributed by atoms with Crippen LogP contribution >= 0.6 is 0 Å². The molecular formula is C4H5N3O4. The van der Waals surface area contributed by atoms with Crippen LogP contribution in [-0.2, 0) is 14.4 Å². The highest BCUT2D eigenvalue weighted by Crippen LogP contribution is 1.91. The summed E-state index contributed by atoms with van der Waals surface area (Å²) >= 11 is 0. The van der Waals surface area contributed by atoms with Gasteiger partial charge in [0, 0.05) is 0 Å². The molecule has 0 bridgehead atoms. The van der Waals surface area contributed by atoms with Crippen LogP contribution in [0.1, 0.15) is 0 Å². The van der Waals surface area contributed by atoms with Gasteiger partial charge in [0.25, 0.3) is 0 Å². The fourth-order valence-corrected chi connectivity index (χ4v) is 0.465. The number of hydrogen-bond donors (Lipinski definition) is 2. The number of nitrogens with one attached hydrogen (secondary N) is 1. The van der Waals surface area contributed by atoms with Gasteiger partial charge in [-0.2, -0.15) is 0 Å². The zero-order chi connectivity index (χ0) is 8.27. The summed E-state index contributed by atoms with van der Waals surface area (Å²) in [5.41, 5.74) is 4.56. The lowest BCUT2D eigenvalue weighted by Crippen LogP contribution is -2.20. The highest BCUT2D eigenvalue weighted by atomic mass is 16.7. The van der Waals surface area contributed by atoms with Crippen molar-refractivity contribution in [2.75, 3.05) is 6.73 Å². The van der Waals surface area contributed by atoms with Crippen molar-refractivity contribution in [1.29, 1.82) is 0 Å². The van der Waals surface area contributed by atoms with Crippen LogP contribution in [0.25, 0.3) is 0 Å². The van der Waals surface area contributed by atoms with E-state index in [-0.39, 0.29) is 12.6 Å². The quantitative estimate of drug-likeness (QED) is 0.359. The summed E-state index contributed by atoms with van der Waals surface area (Å²) in [5.74, 6) is -0.838. The van der Waals surface area contributed by atoms with Gasteiger partial charge in [0.2, 0.25) is 0 Å². The molecule has 1 fully saturated rings.